The molecule has 0 aliphatic rings. The third-order valence-electron chi connectivity index (χ3n) is 2.95. The van der Waals surface area contributed by atoms with E-state index >= 15 is 0 Å². The summed E-state index contributed by atoms with van der Waals surface area (Å²) in [6, 6.07) is 15.2. The van der Waals surface area contributed by atoms with Crippen molar-refractivity contribution >= 4 is 17.7 Å². The Bertz CT molecular complexity index is 762. The first kappa shape index (κ1) is 15.2. The largest absolute Gasteiger partial charge is 0.410 e. The summed E-state index contributed by atoms with van der Waals surface area (Å²) in [6.07, 6.45) is 1.66. The van der Waals surface area contributed by atoms with Gasteiger partial charge in [-0.25, -0.2) is 0 Å². The van der Waals surface area contributed by atoms with Gasteiger partial charge in [-0.2, -0.15) is 0 Å². The van der Waals surface area contributed by atoms with E-state index in [0.29, 0.717) is 23.4 Å². The van der Waals surface area contributed by atoms with Crippen molar-refractivity contribution in [2.24, 2.45) is 0 Å². The molecule has 2 aromatic heterocycles. The van der Waals surface area contributed by atoms with Crippen LogP contribution in [0.1, 0.15) is 5.56 Å². The topological polar surface area (TPSA) is 80.9 Å². The normalized spacial score (nSPS) is 10.4. The highest BCUT2D eigenvalue weighted by molar-refractivity contribution is 7.99. The van der Waals surface area contributed by atoms with Gasteiger partial charge in [0.2, 0.25) is 5.91 Å². The van der Waals surface area contributed by atoms with E-state index in [1.54, 1.807) is 12.3 Å². The second-order valence-corrected chi connectivity index (χ2v) is 5.57. The van der Waals surface area contributed by atoms with E-state index in [2.05, 4.69) is 20.5 Å². The van der Waals surface area contributed by atoms with E-state index in [-0.39, 0.29) is 11.7 Å². The highest BCUT2D eigenvalue weighted by Gasteiger charge is 2.11. The van der Waals surface area contributed by atoms with Crippen LogP contribution in [0.25, 0.3) is 11.6 Å². The Morgan fingerprint density at radius 1 is 1.09 bits per heavy atom. The van der Waals surface area contributed by atoms with Crippen molar-refractivity contribution in [1.82, 2.24) is 20.5 Å². The summed E-state index contributed by atoms with van der Waals surface area (Å²) in [5.74, 6) is 0.477. The Morgan fingerprint density at radius 3 is 2.70 bits per heavy atom. The van der Waals surface area contributed by atoms with Crippen LogP contribution in [0.4, 0.5) is 0 Å². The SMILES string of the molecule is O=C(CSc1nnc(-c2ccccn2)o1)NCc1ccccc1. The molecule has 0 aliphatic carbocycles. The Kier molecular flexibility index (Phi) is 5.00. The van der Waals surface area contributed by atoms with E-state index in [1.807, 2.05) is 42.5 Å². The Balaban J connectivity index is 1.49. The molecule has 6 nitrogen and oxygen atoms in total. The van der Waals surface area contributed by atoms with Crippen LogP contribution in [0.3, 0.4) is 0 Å². The maximum absolute atomic E-state index is 11.8. The number of aromatic nitrogens is 3. The molecule has 0 aliphatic heterocycles. The summed E-state index contributed by atoms with van der Waals surface area (Å²) in [7, 11) is 0. The van der Waals surface area contributed by atoms with Crippen molar-refractivity contribution in [3.63, 3.8) is 0 Å². The van der Waals surface area contributed by atoms with Gasteiger partial charge in [-0.05, 0) is 17.7 Å². The highest BCUT2D eigenvalue weighted by Crippen LogP contribution is 2.21. The minimum absolute atomic E-state index is 0.0866. The molecule has 23 heavy (non-hydrogen) atoms. The lowest BCUT2D eigenvalue weighted by molar-refractivity contribution is -0.118. The van der Waals surface area contributed by atoms with Crippen molar-refractivity contribution < 1.29 is 9.21 Å². The molecular formula is C16H14N4O2S. The van der Waals surface area contributed by atoms with E-state index in [0.717, 1.165) is 5.56 Å². The number of amides is 1. The Morgan fingerprint density at radius 2 is 1.91 bits per heavy atom. The number of hydrogen-bond donors (Lipinski definition) is 1. The molecule has 0 saturated heterocycles. The van der Waals surface area contributed by atoms with Crippen molar-refractivity contribution in [3.05, 3.63) is 60.3 Å². The monoisotopic (exact) mass is 326 g/mol. The minimum Gasteiger partial charge on any atom is -0.410 e. The smallest absolute Gasteiger partial charge is 0.277 e. The first-order valence-electron chi connectivity index (χ1n) is 6.99. The molecule has 0 bridgehead atoms. The van der Waals surface area contributed by atoms with Crippen LogP contribution in [-0.4, -0.2) is 26.8 Å². The summed E-state index contributed by atoms with van der Waals surface area (Å²) < 4.78 is 5.48. The number of carbonyl (C=O) groups excluding carboxylic acids is 1. The van der Waals surface area contributed by atoms with Gasteiger partial charge in [0.25, 0.3) is 11.1 Å². The lowest BCUT2D eigenvalue weighted by Gasteiger charge is -2.03. The average Bonchev–Trinajstić information content (AvgIpc) is 3.09. The second kappa shape index (κ2) is 7.55. The first-order valence-corrected chi connectivity index (χ1v) is 7.98. The van der Waals surface area contributed by atoms with Crippen LogP contribution in [0.15, 0.2) is 64.4 Å². The van der Waals surface area contributed by atoms with E-state index < -0.39 is 0 Å². The maximum atomic E-state index is 11.8. The molecule has 1 aromatic carbocycles. The third kappa shape index (κ3) is 4.40. The molecule has 3 rings (SSSR count). The predicted molar refractivity (Wildman–Crippen MR) is 86.5 cm³/mol. The molecular weight excluding hydrogens is 312 g/mol. The van der Waals surface area contributed by atoms with Gasteiger partial charge < -0.3 is 9.73 Å². The quantitative estimate of drug-likeness (QED) is 0.701. The molecule has 1 N–H and O–H groups in total. The van der Waals surface area contributed by atoms with Crippen molar-refractivity contribution in [2.45, 2.75) is 11.8 Å². The van der Waals surface area contributed by atoms with Crippen molar-refractivity contribution in [1.29, 1.82) is 0 Å². The van der Waals surface area contributed by atoms with E-state index in [4.69, 9.17) is 4.42 Å². The van der Waals surface area contributed by atoms with Crippen LogP contribution in [-0.2, 0) is 11.3 Å². The standard InChI is InChI=1S/C16H14N4O2S/c21-14(18-10-12-6-2-1-3-7-12)11-23-16-20-19-15(22-16)13-8-4-5-9-17-13/h1-9H,10-11H2,(H,18,21). The molecule has 3 aromatic rings. The Labute approximate surface area is 137 Å². The average molecular weight is 326 g/mol. The zero-order chi connectivity index (χ0) is 15.9. The molecule has 0 atom stereocenters. The van der Waals surface area contributed by atoms with E-state index in [9.17, 15) is 4.79 Å². The van der Waals surface area contributed by atoms with Gasteiger partial charge in [-0.1, -0.05) is 48.2 Å². The van der Waals surface area contributed by atoms with E-state index in [1.165, 1.54) is 11.8 Å². The minimum atomic E-state index is -0.0866. The number of rotatable bonds is 6. The second-order valence-electron chi connectivity index (χ2n) is 4.64. The molecule has 2 heterocycles. The van der Waals surface area contributed by atoms with Crippen molar-refractivity contribution in [3.8, 4) is 11.6 Å². The zero-order valence-electron chi connectivity index (χ0n) is 12.2. The third-order valence-corrected chi connectivity index (χ3v) is 3.77. The van der Waals surface area contributed by atoms with Gasteiger partial charge in [0.05, 0.1) is 5.75 Å². The summed E-state index contributed by atoms with van der Waals surface area (Å²) in [4.78, 5) is 16.0. The lowest BCUT2D eigenvalue weighted by Crippen LogP contribution is -2.24. The summed E-state index contributed by atoms with van der Waals surface area (Å²) >= 11 is 1.20. The van der Waals surface area contributed by atoms with Crippen LogP contribution in [0, 0.1) is 0 Å². The fraction of sp³-hybridized carbons (Fsp3) is 0.125. The summed E-state index contributed by atoms with van der Waals surface area (Å²) in [5.41, 5.74) is 1.67. The molecule has 7 heteroatoms. The van der Waals surface area contributed by atoms with Gasteiger partial charge in [0.15, 0.2) is 0 Å². The van der Waals surface area contributed by atoms with Crippen LogP contribution in [0.5, 0.6) is 0 Å². The van der Waals surface area contributed by atoms with Gasteiger partial charge in [-0.15, -0.1) is 10.2 Å². The number of benzene rings is 1. The van der Waals surface area contributed by atoms with Crippen LogP contribution in [0.2, 0.25) is 0 Å². The zero-order valence-corrected chi connectivity index (χ0v) is 13.0. The highest BCUT2D eigenvalue weighted by atomic mass is 32.2. The molecule has 0 saturated carbocycles. The number of nitrogens with one attached hydrogen (secondary N) is 1. The summed E-state index contributed by atoms with van der Waals surface area (Å²) in [5, 5.41) is 11.0. The van der Waals surface area contributed by atoms with Crippen LogP contribution >= 0.6 is 11.8 Å². The van der Waals surface area contributed by atoms with Gasteiger partial charge in [0.1, 0.15) is 5.69 Å². The molecule has 0 spiro atoms. The predicted octanol–water partition coefficient (Wildman–Crippen LogP) is 2.54. The molecule has 1 amide bonds. The van der Waals surface area contributed by atoms with Crippen molar-refractivity contribution in [2.75, 3.05) is 5.75 Å². The number of nitrogens with zero attached hydrogens (tertiary/aromatic N) is 3. The number of thioether (sulfide) groups is 1. The first-order chi connectivity index (χ1) is 11.3. The van der Waals surface area contributed by atoms with Gasteiger partial charge >= 0.3 is 0 Å². The van der Waals surface area contributed by atoms with Gasteiger partial charge in [0, 0.05) is 12.7 Å². The molecule has 0 fully saturated rings. The fourth-order valence-electron chi connectivity index (χ4n) is 1.84. The molecule has 116 valence electrons. The fourth-order valence-corrected chi connectivity index (χ4v) is 2.43. The molecule has 0 unspecified atom stereocenters. The van der Waals surface area contributed by atoms with Gasteiger partial charge in [-0.3, -0.25) is 9.78 Å². The number of hydrogen-bond acceptors (Lipinski definition) is 6. The number of carbonyl (C=O) groups is 1. The lowest BCUT2D eigenvalue weighted by atomic mass is 10.2. The maximum Gasteiger partial charge on any atom is 0.277 e. The molecule has 0 radical (unpaired) electrons. The Hall–Kier alpha value is -2.67. The number of pyridine rings is 1. The van der Waals surface area contributed by atoms with Crippen LogP contribution < -0.4 is 5.32 Å². The summed E-state index contributed by atoms with van der Waals surface area (Å²) in [6.45, 7) is 0.503.